The molecule has 2 unspecified atom stereocenters. The molecule has 0 fully saturated rings. The summed E-state index contributed by atoms with van der Waals surface area (Å²) < 4.78 is 5.40. The lowest BCUT2D eigenvalue weighted by atomic mass is 9.81. The van der Waals surface area contributed by atoms with Gasteiger partial charge in [0.1, 0.15) is 5.75 Å². The SMILES string of the molecule is COc1cccc2c1CCC2NC(=O)NCC(C)(C)C(O)C(C)C. The number of urea groups is 1. The first-order valence-electron chi connectivity index (χ1n) is 8.64. The van der Waals surface area contributed by atoms with Crippen LogP contribution in [0.2, 0.25) is 0 Å². The number of amides is 2. The van der Waals surface area contributed by atoms with E-state index < -0.39 is 6.10 Å². The second-order valence-electron chi connectivity index (χ2n) is 7.62. The molecule has 1 aromatic carbocycles. The Kier molecular flexibility index (Phi) is 5.75. The van der Waals surface area contributed by atoms with Crippen molar-refractivity contribution in [1.29, 1.82) is 0 Å². The van der Waals surface area contributed by atoms with Crippen LogP contribution in [0.25, 0.3) is 0 Å². The number of hydrogen-bond acceptors (Lipinski definition) is 3. The topological polar surface area (TPSA) is 70.6 Å². The number of hydrogen-bond donors (Lipinski definition) is 3. The number of ether oxygens (including phenoxy) is 1. The van der Waals surface area contributed by atoms with E-state index in [1.807, 2.05) is 45.9 Å². The minimum Gasteiger partial charge on any atom is -0.496 e. The van der Waals surface area contributed by atoms with E-state index in [0.29, 0.717) is 6.54 Å². The highest BCUT2D eigenvalue weighted by atomic mass is 16.5. The van der Waals surface area contributed by atoms with Crippen LogP contribution in [0.15, 0.2) is 18.2 Å². The second-order valence-corrected chi connectivity index (χ2v) is 7.62. The predicted octanol–water partition coefficient (Wildman–Crippen LogP) is 3.02. The van der Waals surface area contributed by atoms with Crippen LogP contribution < -0.4 is 15.4 Å². The molecule has 3 N–H and O–H groups in total. The summed E-state index contributed by atoms with van der Waals surface area (Å²) in [6, 6.07) is 5.77. The molecule has 1 aliphatic carbocycles. The number of benzene rings is 1. The third-order valence-corrected chi connectivity index (χ3v) is 4.89. The first kappa shape index (κ1) is 18.6. The number of carbonyl (C=O) groups is 1. The minimum atomic E-state index is -0.464. The fraction of sp³-hybridized carbons (Fsp3) is 0.632. The van der Waals surface area contributed by atoms with Crippen LogP contribution in [0.5, 0.6) is 5.75 Å². The van der Waals surface area contributed by atoms with Crippen molar-refractivity contribution in [3.63, 3.8) is 0 Å². The number of fused-ring (bicyclic) bond motifs is 1. The molecule has 134 valence electrons. The summed E-state index contributed by atoms with van der Waals surface area (Å²) in [6.45, 7) is 8.32. The van der Waals surface area contributed by atoms with Crippen molar-refractivity contribution >= 4 is 6.03 Å². The molecule has 0 bridgehead atoms. The maximum Gasteiger partial charge on any atom is 0.315 e. The monoisotopic (exact) mass is 334 g/mol. The van der Waals surface area contributed by atoms with Gasteiger partial charge in [-0.15, -0.1) is 0 Å². The Morgan fingerprint density at radius 3 is 2.75 bits per heavy atom. The highest BCUT2D eigenvalue weighted by Crippen LogP contribution is 2.36. The van der Waals surface area contributed by atoms with Gasteiger partial charge in [-0.2, -0.15) is 0 Å². The van der Waals surface area contributed by atoms with E-state index in [1.165, 1.54) is 5.56 Å². The number of methoxy groups -OCH3 is 1. The Bertz CT molecular complexity index is 584. The fourth-order valence-electron chi connectivity index (χ4n) is 3.49. The van der Waals surface area contributed by atoms with Crippen LogP contribution in [-0.2, 0) is 6.42 Å². The molecule has 2 rings (SSSR count). The lowest BCUT2D eigenvalue weighted by Gasteiger charge is -2.33. The molecule has 5 nitrogen and oxygen atoms in total. The van der Waals surface area contributed by atoms with Gasteiger partial charge < -0.3 is 20.5 Å². The third-order valence-electron chi connectivity index (χ3n) is 4.89. The van der Waals surface area contributed by atoms with Gasteiger partial charge in [-0.25, -0.2) is 4.79 Å². The van der Waals surface area contributed by atoms with E-state index in [4.69, 9.17) is 4.74 Å². The van der Waals surface area contributed by atoms with Crippen molar-refractivity contribution in [2.24, 2.45) is 11.3 Å². The third kappa shape index (κ3) is 4.01. The Morgan fingerprint density at radius 1 is 1.42 bits per heavy atom. The number of carbonyl (C=O) groups excluding carboxylic acids is 1. The molecular formula is C19H30N2O3. The van der Waals surface area contributed by atoms with Gasteiger partial charge >= 0.3 is 6.03 Å². The molecule has 0 aromatic heterocycles. The zero-order valence-electron chi connectivity index (χ0n) is 15.3. The van der Waals surface area contributed by atoms with Crippen molar-refractivity contribution in [2.75, 3.05) is 13.7 Å². The predicted molar refractivity (Wildman–Crippen MR) is 95.2 cm³/mol. The van der Waals surface area contributed by atoms with Crippen molar-refractivity contribution in [3.8, 4) is 5.75 Å². The maximum absolute atomic E-state index is 12.3. The molecule has 1 aromatic rings. The van der Waals surface area contributed by atoms with Crippen molar-refractivity contribution in [1.82, 2.24) is 10.6 Å². The molecule has 0 radical (unpaired) electrons. The average Bonchev–Trinajstić information content (AvgIpc) is 2.95. The van der Waals surface area contributed by atoms with Crippen LogP contribution in [0.4, 0.5) is 4.79 Å². The van der Waals surface area contributed by atoms with E-state index in [9.17, 15) is 9.90 Å². The molecule has 5 heteroatoms. The molecule has 0 spiro atoms. The van der Waals surface area contributed by atoms with Crippen LogP contribution >= 0.6 is 0 Å². The van der Waals surface area contributed by atoms with E-state index >= 15 is 0 Å². The summed E-state index contributed by atoms with van der Waals surface area (Å²) in [6.07, 6.45) is 1.32. The Hall–Kier alpha value is -1.75. The molecular weight excluding hydrogens is 304 g/mol. The summed E-state index contributed by atoms with van der Waals surface area (Å²) in [7, 11) is 1.67. The largest absolute Gasteiger partial charge is 0.496 e. The van der Waals surface area contributed by atoms with Gasteiger partial charge in [-0.1, -0.05) is 39.8 Å². The lowest BCUT2D eigenvalue weighted by Crippen LogP contribution is -2.46. The van der Waals surface area contributed by atoms with Gasteiger partial charge in [0.05, 0.1) is 19.3 Å². The van der Waals surface area contributed by atoms with Gasteiger partial charge in [-0.05, 0) is 36.0 Å². The molecule has 0 saturated heterocycles. The van der Waals surface area contributed by atoms with Gasteiger partial charge in [-0.3, -0.25) is 0 Å². The van der Waals surface area contributed by atoms with Gasteiger partial charge in [0.25, 0.3) is 0 Å². The lowest BCUT2D eigenvalue weighted by molar-refractivity contribution is 0.0151. The summed E-state index contributed by atoms with van der Waals surface area (Å²) in [4.78, 5) is 12.3. The standard InChI is InChI=1S/C19H30N2O3/c1-12(2)17(22)19(3,4)11-20-18(23)21-15-10-9-14-13(15)7-6-8-16(14)24-5/h6-8,12,15,17,22H,9-11H2,1-5H3,(H2,20,21,23). The highest BCUT2D eigenvalue weighted by molar-refractivity contribution is 5.74. The summed E-state index contributed by atoms with van der Waals surface area (Å²) in [5.41, 5.74) is 1.94. The first-order valence-corrected chi connectivity index (χ1v) is 8.64. The zero-order valence-corrected chi connectivity index (χ0v) is 15.3. The van der Waals surface area contributed by atoms with Gasteiger partial charge in [0.15, 0.2) is 0 Å². The van der Waals surface area contributed by atoms with Crippen molar-refractivity contribution < 1.29 is 14.6 Å². The van der Waals surface area contributed by atoms with Crippen LogP contribution in [0.3, 0.4) is 0 Å². The molecule has 1 aliphatic rings. The number of aliphatic hydroxyl groups excluding tert-OH is 1. The quantitative estimate of drug-likeness (QED) is 0.749. The molecule has 0 saturated carbocycles. The maximum atomic E-state index is 12.3. The van der Waals surface area contributed by atoms with E-state index in [-0.39, 0.29) is 23.4 Å². The van der Waals surface area contributed by atoms with Crippen LogP contribution in [0, 0.1) is 11.3 Å². The summed E-state index contributed by atoms with van der Waals surface area (Å²) in [5.74, 6) is 1.04. The van der Waals surface area contributed by atoms with Crippen LogP contribution in [-0.4, -0.2) is 30.9 Å². The average molecular weight is 334 g/mol. The number of aliphatic hydroxyl groups is 1. The van der Waals surface area contributed by atoms with Gasteiger partial charge in [0.2, 0.25) is 0 Å². The van der Waals surface area contributed by atoms with Crippen LogP contribution in [0.1, 0.15) is 51.3 Å². The number of rotatable bonds is 6. The van der Waals surface area contributed by atoms with Crippen molar-refractivity contribution in [3.05, 3.63) is 29.3 Å². The Balaban J connectivity index is 1.94. The summed E-state index contributed by atoms with van der Waals surface area (Å²) >= 11 is 0. The number of nitrogens with one attached hydrogen (secondary N) is 2. The molecule has 0 aliphatic heterocycles. The van der Waals surface area contributed by atoms with Crippen molar-refractivity contribution in [2.45, 2.75) is 52.7 Å². The van der Waals surface area contributed by atoms with Gasteiger partial charge in [0, 0.05) is 12.0 Å². The van der Waals surface area contributed by atoms with E-state index in [0.717, 1.165) is 24.2 Å². The minimum absolute atomic E-state index is 0.00762. The normalized spacial score (nSPS) is 18.2. The van der Waals surface area contributed by atoms with E-state index in [1.54, 1.807) is 7.11 Å². The summed E-state index contributed by atoms with van der Waals surface area (Å²) in [5, 5.41) is 16.2. The Morgan fingerprint density at radius 2 is 2.12 bits per heavy atom. The smallest absolute Gasteiger partial charge is 0.315 e. The molecule has 2 atom stereocenters. The molecule has 24 heavy (non-hydrogen) atoms. The second kappa shape index (κ2) is 7.43. The van der Waals surface area contributed by atoms with E-state index in [2.05, 4.69) is 10.6 Å². The molecule has 0 heterocycles. The zero-order chi connectivity index (χ0) is 17.9. The Labute approximate surface area is 144 Å². The highest BCUT2D eigenvalue weighted by Gasteiger charge is 2.31. The fourth-order valence-corrected chi connectivity index (χ4v) is 3.49. The molecule has 2 amide bonds. The first-order chi connectivity index (χ1) is 11.3.